The first-order chi connectivity index (χ1) is 13.7. The number of β-amino-alcohol motifs (C(OH)–C–C–N with tert-alkyl or cyclic N) is 1. The van der Waals surface area contributed by atoms with E-state index in [9.17, 15) is 9.90 Å². The first-order valence-corrected chi connectivity index (χ1v) is 10.2. The fraction of sp³-hybridized carbons (Fsp3) is 0.435. The molecule has 28 heavy (non-hydrogen) atoms. The van der Waals surface area contributed by atoms with Gasteiger partial charge in [-0.1, -0.05) is 36.4 Å². The summed E-state index contributed by atoms with van der Waals surface area (Å²) in [7, 11) is 0. The molecule has 5 nitrogen and oxygen atoms in total. The number of aliphatic hydroxyl groups excluding tert-OH is 1. The number of carbonyl (C=O) groups is 1. The Morgan fingerprint density at radius 1 is 1.14 bits per heavy atom. The number of aliphatic hydroxyl groups is 1. The summed E-state index contributed by atoms with van der Waals surface area (Å²) in [4.78, 5) is 13.9. The van der Waals surface area contributed by atoms with Gasteiger partial charge >= 0.3 is 0 Å². The number of ether oxygens (including phenoxy) is 1. The summed E-state index contributed by atoms with van der Waals surface area (Å²) < 4.78 is 6.06. The number of amides is 1. The van der Waals surface area contributed by atoms with Crippen molar-refractivity contribution in [3.05, 3.63) is 59.7 Å². The zero-order valence-corrected chi connectivity index (χ0v) is 16.1. The van der Waals surface area contributed by atoms with Crippen LogP contribution >= 0.6 is 0 Å². The van der Waals surface area contributed by atoms with Crippen molar-refractivity contribution >= 4 is 11.6 Å². The SMILES string of the molecule is O=C1CCc2ccc(O[C@@H]3CCN(CCCc4ccccc4)C[C@H]3O)cc2N1. The zero-order valence-electron chi connectivity index (χ0n) is 16.1. The van der Waals surface area contributed by atoms with Crippen molar-refractivity contribution in [2.75, 3.05) is 25.0 Å². The Labute approximate surface area is 166 Å². The van der Waals surface area contributed by atoms with Crippen molar-refractivity contribution in [2.24, 2.45) is 0 Å². The van der Waals surface area contributed by atoms with E-state index in [0.717, 1.165) is 50.0 Å². The van der Waals surface area contributed by atoms with Crippen LogP contribution in [0.1, 0.15) is 30.4 Å². The van der Waals surface area contributed by atoms with Crippen LogP contribution in [-0.2, 0) is 17.6 Å². The summed E-state index contributed by atoms with van der Waals surface area (Å²) in [5.74, 6) is 0.760. The summed E-state index contributed by atoms with van der Waals surface area (Å²) >= 11 is 0. The van der Waals surface area contributed by atoms with Crippen LogP contribution in [0.3, 0.4) is 0 Å². The Balaban J connectivity index is 1.26. The molecular weight excluding hydrogens is 352 g/mol. The van der Waals surface area contributed by atoms with Crippen molar-refractivity contribution in [1.82, 2.24) is 4.90 Å². The predicted molar refractivity (Wildman–Crippen MR) is 110 cm³/mol. The zero-order chi connectivity index (χ0) is 19.3. The van der Waals surface area contributed by atoms with Crippen LogP contribution in [0.4, 0.5) is 5.69 Å². The highest BCUT2D eigenvalue weighted by Crippen LogP contribution is 2.29. The number of nitrogens with zero attached hydrogens (tertiary/aromatic N) is 1. The molecule has 2 aliphatic heterocycles. The van der Waals surface area contributed by atoms with Crippen LogP contribution in [0.25, 0.3) is 0 Å². The number of benzene rings is 2. The fourth-order valence-corrected chi connectivity index (χ4v) is 4.07. The average molecular weight is 380 g/mol. The molecule has 0 unspecified atom stereocenters. The van der Waals surface area contributed by atoms with E-state index in [2.05, 4.69) is 34.5 Å². The van der Waals surface area contributed by atoms with Gasteiger partial charge in [0.25, 0.3) is 0 Å². The highest BCUT2D eigenvalue weighted by atomic mass is 16.5. The second-order valence-corrected chi connectivity index (χ2v) is 7.77. The number of anilines is 1. The maximum absolute atomic E-state index is 11.6. The van der Waals surface area contributed by atoms with E-state index in [0.29, 0.717) is 18.7 Å². The standard InChI is InChI=1S/C23H28N2O3/c26-21-16-25(13-4-7-17-5-2-1-3-6-17)14-12-22(21)28-19-10-8-18-9-11-23(27)24-20(18)15-19/h1-3,5-6,8,10,15,21-22,26H,4,7,9,11-14,16H2,(H,24,27)/t21-,22-/m1/s1. The van der Waals surface area contributed by atoms with Crippen LogP contribution in [-0.4, -0.2) is 47.8 Å². The predicted octanol–water partition coefficient (Wildman–Crippen LogP) is 3.02. The number of hydrogen-bond acceptors (Lipinski definition) is 4. The Bertz CT molecular complexity index is 809. The fourth-order valence-electron chi connectivity index (χ4n) is 4.07. The summed E-state index contributed by atoms with van der Waals surface area (Å²) in [5.41, 5.74) is 3.34. The van der Waals surface area contributed by atoms with Gasteiger partial charge in [0, 0.05) is 31.3 Å². The van der Waals surface area contributed by atoms with Crippen molar-refractivity contribution in [2.45, 2.75) is 44.3 Å². The quantitative estimate of drug-likeness (QED) is 0.809. The van der Waals surface area contributed by atoms with Crippen molar-refractivity contribution in [3.63, 3.8) is 0 Å². The minimum absolute atomic E-state index is 0.0495. The monoisotopic (exact) mass is 380 g/mol. The van der Waals surface area contributed by atoms with Gasteiger partial charge in [-0.3, -0.25) is 4.79 Å². The Kier molecular flexibility index (Phi) is 5.93. The average Bonchev–Trinajstić information content (AvgIpc) is 2.70. The number of likely N-dealkylation sites (tertiary alicyclic amines) is 1. The molecule has 4 rings (SSSR count). The lowest BCUT2D eigenvalue weighted by molar-refractivity contribution is -0.116. The number of piperidine rings is 1. The highest BCUT2D eigenvalue weighted by molar-refractivity contribution is 5.94. The molecule has 2 atom stereocenters. The number of aryl methyl sites for hydroxylation is 2. The van der Waals surface area contributed by atoms with Gasteiger partial charge in [-0.2, -0.15) is 0 Å². The molecule has 0 spiro atoms. The van der Waals surface area contributed by atoms with E-state index in [4.69, 9.17) is 4.74 Å². The molecular formula is C23H28N2O3. The number of fused-ring (bicyclic) bond motifs is 1. The summed E-state index contributed by atoms with van der Waals surface area (Å²) in [5, 5.41) is 13.5. The summed E-state index contributed by atoms with van der Waals surface area (Å²) in [6, 6.07) is 16.4. The van der Waals surface area contributed by atoms with Crippen molar-refractivity contribution in [3.8, 4) is 5.75 Å². The lowest BCUT2D eigenvalue weighted by atomic mass is 10.0. The summed E-state index contributed by atoms with van der Waals surface area (Å²) in [6.45, 7) is 2.56. The highest BCUT2D eigenvalue weighted by Gasteiger charge is 2.29. The Hall–Kier alpha value is -2.37. The van der Waals surface area contributed by atoms with E-state index in [1.807, 2.05) is 24.3 Å². The second kappa shape index (κ2) is 8.76. The first-order valence-electron chi connectivity index (χ1n) is 10.2. The lowest BCUT2D eigenvalue weighted by Gasteiger charge is -2.36. The maximum atomic E-state index is 11.6. The first kappa shape index (κ1) is 19.0. The van der Waals surface area contributed by atoms with Gasteiger partial charge in [0.05, 0.1) is 0 Å². The normalized spacial score (nSPS) is 22.4. The topological polar surface area (TPSA) is 61.8 Å². The molecule has 0 bridgehead atoms. The molecule has 2 N–H and O–H groups in total. The van der Waals surface area contributed by atoms with Gasteiger partial charge in [0.2, 0.25) is 5.91 Å². The molecule has 148 valence electrons. The van der Waals surface area contributed by atoms with Gasteiger partial charge in [0.1, 0.15) is 18.0 Å². The van der Waals surface area contributed by atoms with E-state index in [1.165, 1.54) is 5.56 Å². The van der Waals surface area contributed by atoms with Crippen LogP contribution in [0.15, 0.2) is 48.5 Å². The Morgan fingerprint density at radius 3 is 2.82 bits per heavy atom. The van der Waals surface area contributed by atoms with Gasteiger partial charge in [-0.15, -0.1) is 0 Å². The van der Waals surface area contributed by atoms with E-state index >= 15 is 0 Å². The van der Waals surface area contributed by atoms with Gasteiger partial charge in [-0.25, -0.2) is 0 Å². The minimum atomic E-state index is -0.504. The molecule has 0 aromatic heterocycles. The van der Waals surface area contributed by atoms with Gasteiger partial charge < -0.3 is 20.1 Å². The molecule has 2 aromatic rings. The van der Waals surface area contributed by atoms with E-state index in [-0.39, 0.29) is 12.0 Å². The van der Waals surface area contributed by atoms with E-state index in [1.54, 1.807) is 0 Å². The molecule has 2 heterocycles. The second-order valence-electron chi connectivity index (χ2n) is 7.77. The van der Waals surface area contributed by atoms with Crippen LogP contribution in [0.5, 0.6) is 5.75 Å². The summed E-state index contributed by atoms with van der Waals surface area (Å²) in [6.07, 6.45) is 3.55. The van der Waals surface area contributed by atoms with Gasteiger partial charge in [-0.05, 0) is 49.4 Å². The molecule has 1 amide bonds. The van der Waals surface area contributed by atoms with Crippen LogP contribution in [0.2, 0.25) is 0 Å². The number of hydrogen-bond donors (Lipinski definition) is 2. The number of rotatable bonds is 6. The molecule has 1 fully saturated rings. The molecule has 2 aliphatic rings. The van der Waals surface area contributed by atoms with Crippen LogP contribution in [0, 0.1) is 0 Å². The van der Waals surface area contributed by atoms with Crippen molar-refractivity contribution < 1.29 is 14.6 Å². The molecule has 0 radical (unpaired) electrons. The third-order valence-electron chi connectivity index (χ3n) is 5.65. The van der Waals surface area contributed by atoms with Crippen molar-refractivity contribution in [1.29, 1.82) is 0 Å². The molecule has 2 aromatic carbocycles. The lowest BCUT2D eigenvalue weighted by Crippen LogP contribution is -2.49. The number of carbonyl (C=O) groups excluding carboxylic acids is 1. The smallest absolute Gasteiger partial charge is 0.224 e. The van der Waals surface area contributed by atoms with Crippen LogP contribution < -0.4 is 10.1 Å². The van der Waals surface area contributed by atoms with E-state index < -0.39 is 6.10 Å². The number of nitrogens with one attached hydrogen (secondary N) is 1. The maximum Gasteiger partial charge on any atom is 0.224 e. The molecule has 0 aliphatic carbocycles. The van der Waals surface area contributed by atoms with Gasteiger partial charge in [0.15, 0.2) is 0 Å². The third-order valence-corrected chi connectivity index (χ3v) is 5.65. The molecule has 1 saturated heterocycles. The Morgan fingerprint density at radius 2 is 2.00 bits per heavy atom. The third kappa shape index (κ3) is 4.72. The minimum Gasteiger partial charge on any atom is -0.488 e. The molecule has 0 saturated carbocycles. The molecule has 5 heteroatoms. The largest absolute Gasteiger partial charge is 0.488 e.